The Labute approximate surface area is 181 Å². The summed E-state index contributed by atoms with van der Waals surface area (Å²) >= 11 is 0. The van der Waals surface area contributed by atoms with Gasteiger partial charge in [-0.15, -0.1) is 0 Å². The first-order valence-corrected chi connectivity index (χ1v) is 10.1. The van der Waals surface area contributed by atoms with Crippen LogP contribution in [-0.2, 0) is 16.1 Å². The van der Waals surface area contributed by atoms with Crippen LogP contribution in [0, 0.1) is 11.3 Å². The highest BCUT2D eigenvalue weighted by Gasteiger charge is 2.35. The fraction of sp³-hybridized carbons (Fsp3) is 0.417. The van der Waals surface area contributed by atoms with Crippen molar-refractivity contribution in [1.29, 1.82) is 0 Å². The van der Waals surface area contributed by atoms with Crippen LogP contribution in [0.3, 0.4) is 0 Å². The number of hydrogen-bond donors (Lipinski definition) is 1. The number of aliphatic carboxylic acids is 1. The van der Waals surface area contributed by atoms with Crippen molar-refractivity contribution in [3.63, 3.8) is 0 Å². The summed E-state index contributed by atoms with van der Waals surface area (Å²) in [5.41, 5.74) is 2.18. The van der Waals surface area contributed by atoms with Gasteiger partial charge in [0.15, 0.2) is 11.5 Å². The lowest BCUT2D eigenvalue weighted by Gasteiger charge is -2.31. The normalized spacial score (nSPS) is 13.9. The van der Waals surface area contributed by atoms with E-state index in [0.29, 0.717) is 34.8 Å². The summed E-state index contributed by atoms with van der Waals surface area (Å²) in [7, 11) is 3.06. The van der Waals surface area contributed by atoms with E-state index in [1.165, 1.54) is 14.2 Å². The molecule has 0 saturated carbocycles. The number of carbonyl (C=O) groups is 2. The molecule has 0 radical (unpaired) electrons. The summed E-state index contributed by atoms with van der Waals surface area (Å²) in [4.78, 5) is 23.7. The van der Waals surface area contributed by atoms with Gasteiger partial charge < -0.3 is 24.1 Å². The lowest BCUT2D eigenvalue weighted by molar-refractivity contribution is -0.146. The smallest absolute Gasteiger partial charge is 0.338 e. The highest BCUT2D eigenvalue weighted by atomic mass is 16.5. The van der Waals surface area contributed by atoms with Gasteiger partial charge in [0.25, 0.3) is 0 Å². The molecule has 7 heteroatoms. The first kappa shape index (κ1) is 22.5. The standard InChI is InChI=1S/C24H28O7/c1-6-18(22(25)26)24(2,3)13-31-20-15(10-11-19(28-4)21(20)29-5)14-8-7-9-16-17(14)12-30-23(16)27/h7-11,18H,6,12-13H2,1-5H3,(H,25,26). The number of esters is 1. The molecule has 2 aromatic carbocycles. The third kappa shape index (κ3) is 4.17. The second-order valence-electron chi connectivity index (χ2n) is 8.16. The van der Waals surface area contributed by atoms with E-state index in [1.54, 1.807) is 18.2 Å². The molecule has 1 aliphatic heterocycles. The molecule has 3 rings (SSSR count). The van der Waals surface area contributed by atoms with Crippen LogP contribution in [0.15, 0.2) is 30.3 Å². The molecular weight excluding hydrogens is 400 g/mol. The van der Waals surface area contributed by atoms with Crippen molar-refractivity contribution < 1.29 is 33.6 Å². The number of methoxy groups -OCH3 is 2. The quantitative estimate of drug-likeness (QED) is 0.586. The van der Waals surface area contributed by atoms with Crippen molar-refractivity contribution in [2.45, 2.75) is 33.8 Å². The van der Waals surface area contributed by atoms with Crippen LogP contribution in [0.5, 0.6) is 17.2 Å². The Kier molecular flexibility index (Phi) is 6.43. The molecule has 1 N–H and O–H groups in total. The lowest BCUT2D eigenvalue weighted by atomic mass is 9.78. The minimum atomic E-state index is -0.856. The Morgan fingerprint density at radius 1 is 1.10 bits per heavy atom. The summed E-state index contributed by atoms with van der Waals surface area (Å²) in [6, 6.07) is 9.04. The van der Waals surface area contributed by atoms with E-state index >= 15 is 0 Å². The van der Waals surface area contributed by atoms with Crippen molar-refractivity contribution >= 4 is 11.9 Å². The first-order valence-electron chi connectivity index (χ1n) is 10.1. The zero-order valence-electron chi connectivity index (χ0n) is 18.5. The maximum absolute atomic E-state index is 12.0. The molecule has 1 aliphatic rings. The fourth-order valence-corrected chi connectivity index (χ4v) is 4.08. The molecule has 31 heavy (non-hydrogen) atoms. The van der Waals surface area contributed by atoms with Gasteiger partial charge in [0.2, 0.25) is 5.75 Å². The number of rotatable bonds is 9. The Bertz CT molecular complexity index is 994. The zero-order valence-corrected chi connectivity index (χ0v) is 18.5. The van der Waals surface area contributed by atoms with E-state index < -0.39 is 17.3 Å². The molecule has 0 amide bonds. The predicted molar refractivity (Wildman–Crippen MR) is 115 cm³/mol. The monoisotopic (exact) mass is 428 g/mol. The molecule has 7 nitrogen and oxygen atoms in total. The first-order chi connectivity index (χ1) is 14.7. The predicted octanol–water partition coefficient (Wildman–Crippen LogP) is 4.56. The molecule has 0 saturated heterocycles. The Morgan fingerprint density at radius 2 is 1.81 bits per heavy atom. The number of fused-ring (bicyclic) bond motifs is 1. The zero-order chi connectivity index (χ0) is 22.8. The van der Waals surface area contributed by atoms with Gasteiger partial charge in [-0.3, -0.25) is 4.79 Å². The van der Waals surface area contributed by atoms with Gasteiger partial charge >= 0.3 is 11.9 Å². The van der Waals surface area contributed by atoms with Crippen molar-refractivity contribution in [2.75, 3.05) is 20.8 Å². The summed E-state index contributed by atoms with van der Waals surface area (Å²) in [5, 5.41) is 9.61. The third-order valence-corrected chi connectivity index (χ3v) is 5.77. The van der Waals surface area contributed by atoms with E-state index in [4.69, 9.17) is 18.9 Å². The van der Waals surface area contributed by atoms with E-state index in [0.717, 1.165) is 11.1 Å². The number of benzene rings is 2. The SMILES string of the molecule is CCC(C(=O)O)C(C)(C)COc1c(-c2cccc3c2COC3=O)ccc(OC)c1OC. The van der Waals surface area contributed by atoms with Crippen LogP contribution in [0.1, 0.15) is 43.1 Å². The molecule has 166 valence electrons. The summed E-state index contributed by atoms with van der Waals surface area (Å²) in [6.07, 6.45) is 0.486. The van der Waals surface area contributed by atoms with Gasteiger partial charge in [-0.1, -0.05) is 32.9 Å². The maximum atomic E-state index is 12.0. The molecule has 1 unspecified atom stereocenters. The van der Waals surface area contributed by atoms with Crippen LogP contribution >= 0.6 is 0 Å². The van der Waals surface area contributed by atoms with Gasteiger partial charge in [0.1, 0.15) is 6.61 Å². The molecule has 0 fully saturated rings. The average Bonchev–Trinajstić information content (AvgIpc) is 3.12. The molecular formula is C24H28O7. The number of carboxylic acids is 1. The van der Waals surface area contributed by atoms with Gasteiger partial charge in [-0.05, 0) is 30.2 Å². The number of cyclic esters (lactones) is 1. The minimum absolute atomic E-state index is 0.152. The van der Waals surface area contributed by atoms with Crippen molar-refractivity contribution in [1.82, 2.24) is 0 Å². The molecule has 0 aliphatic carbocycles. The van der Waals surface area contributed by atoms with Crippen LogP contribution in [0.4, 0.5) is 0 Å². The minimum Gasteiger partial charge on any atom is -0.493 e. The Morgan fingerprint density at radius 3 is 2.42 bits per heavy atom. The summed E-state index contributed by atoms with van der Waals surface area (Å²) in [5.74, 6) is -0.452. The molecule has 0 spiro atoms. The highest BCUT2D eigenvalue weighted by Crippen LogP contribution is 2.47. The molecule has 0 bridgehead atoms. The van der Waals surface area contributed by atoms with E-state index in [2.05, 4.69) is 0 Å². The second kappa shape index (κ2) is 8.88. The Hall–Kier alpha value is -3.22. The number of carbonyl (C=O) groups excluding carboxylic acids is 1. The van der Waals surface area contributed by atoms with E-state index in [-0.39, 0.29) is 19.2 Å². The topological polar surface area (TPSA) is 91.3 Å². The lowest BCUT2D eigenvalue weighted by Crippen LogP contribution is -2.35. The largest absolute Gasteiger partial charge is 0.493 e. The van der Waals surface area contributed by atoms with Gasteiger partial charge in [0.05, 0.1) is 32.3 Å². The van der Waals surface area contributed by atoms with Gasteiger partial charge in [-0.25, -0.2) is 4.79 Å². The number of carboxylic acid groups (broad SMARTS) is 1. The maximum Gasteiger partial charge on any atom is 0.338 e. The molecule has 2 aromatic rings. The van der Waals surface area contributed by atoms with Crippen molar-refractivity contribution in [3.05, 3.63) is 41.5 Å². The second-order valence-corrected chi connectivity index (χ2v) is 8.16. The highest BCUT2D eigenvalue weighted by molar-refractivity contribution is 5.96. The number of ether oxygens (including phenoxy) is 4. The van der Waals surface area contributed by atoms with Crippen LogP contribution in [-0.4, -0.2) is 37.9 Å². The van der Waals surface area contributed by atoms with E-state index in [1.807, 2.05) is 32.9 Å². The average molecular weight is 428 g/mol. The number of hydrogen-bond acceptors (Lipinski definition) is 6. The van der Waals surface area contributed by atoms with Crippen LogP contribution in [0.25, 0.3) is 11.1 Å². The van der Waals surface area contributed by atoms with E-state index in [9.17, 15) is 14.7 Å². The van der Waals surface area contributed by atoms with Crippen molar-refractivity contribution in [3.8, 4) is 28.4 Å². The molecule has 1 heterocycles. The summed E-state index contributed by atoms with van der Waals surface area (Å²) < 4.78 is 22.5. The van der Waals surface area contributed by atoms with Gasteiger partial charge in [0, 0.05) is 16.5 Å². The van der Waals surface area contributed by atoms with Gasteiger partial charge in [-0.2, -0.15) is 0 Å². The Balaban J connectivity index is 2.09. The van der Waals surface area contributed by atoms with Crippen molar-refractivity contribution in [2.24, 2.45) is 11.3 Å². The summed E-state index contributed by atoms with van der Waals surface area (Å²) in [6.45, 7) is 5.92. The fourth-order valence-electron chi connectivity index (χ4n) is 4.08. The third-order valence-electron chi connectivity index (χ3n) is 5.77. The van der Waals surface area contributed by atoms with Crippen LogP contribution in [0.2, 0.25) is 0 Å². The molecule has 1 atom stereocenters. The van der Waals surface area contributed by atoms with Crippen LogP contribution < -0.4 is 14.2 Å². The molecule has 0 aromatic heterocycles.